The highest BCUT2D eigenvalue weighted by molar-refractivity contribution is 5.79. The van der Waals surface area contributed by atoms with Gasteiger partial charge in [-0.2, -0.15) is 0 Å². The van der Waals surface area contributed by atoms with Crippen molar-refractivity contribution in [3.05, 3.63) is 0 Å². The van der Waals surface area contributed by atoms with E-state index in [0.29, 0.717) is 19.6 Å². The van der Waals surface area contributed by atoms with Crippen LogP contribution >= 0.6 is 0 Å². The van der Waals surface area contributed by atoms with Crippen LogP contribution in [-0.4, -0.2) is 41.5 Å². The molecule has 3 N–H and O–H groups in total. The highest BCUT2D eigenvalue weighted by Crippen LogP contribution is 2.20. The molecule has 1 aliphatic heterocycles. The summed E-state index contributed by atoms with van der Waals surface area (Å²) in [6, 6.07) is 0. The molecule has 5 nitrogen and oxygen atoms in total. The molecule has 14 heavy (non-hydrogen) atoms. The van der Waals surface area contributed by atoms with Crippen LogP contribution in [0.5, 0.6) is 0 Å². The summed E-state index contributed by atoms with van der Waals surface area (Å²) in [5.74, 6) is -0.787. The number of carboxylic acids is 1. The SMILES string of the molecule is CC(CN)C(=O)N1CC(CC(=O)O)C1. The van der Waals surface area contributed by atoms with Gasteiger partial charge in [0.15, 0.2) is 0 Å². The fourth-order valence-corrected chi connectivity index (χ4v) is 1.54. The molecule has 0 bridgehead atoms. The lowest BCUT2D eigenvalue weighted by Gasteiger charge is -2.39. The normalized spacial score (nSPS) is 18.9. The van der Waals surface area contributed by atoms with Crippen LogP contribution in [0.4, 0.5) is 0 Å². The summed E-state index contributed by atoms with van der Waals surface area (Å²) in [6.07, 6.45) is 0.154. The molecule has 0 aliphatic carbocycles. The zero-order valence-corrected chi connectivity index (χ0v) is 8.27. The Morgan fingerprint density at radius 2 is 2.14 bits per heavy atom. The molecule has 1 aliphatic rings. The van der Waals surface area contributed by atoms with Crippen LogP contribution in [0.2, 0.25) is 0 Å². The fraction of sp³-hybridized carbons (Fsp3) is 0.778. The van der Waals surface area contributed by atoms with Crippen molar-refractivity contribution in [1.29, 1.82) is 0 Å². The van der Waals surface area contributed by atoms with Gasteiger partial charge in [0.25, 0.3) is 0 Å². The number of nitrogens with two attached hydrogens (primary N) is 1. The van der Waals surface area contributed by atoms with Gasteiger partial charge in [-0.05, 0) is 0 Å². The average Bonchev–Trinajstić information content (AvgIpc) is 2.07. The second-order valence-electron chi connectivity index (χ2n) is 3.84. The summed E-state index contributed by atoms with van der Waals surface area (Å²) in [6.45, 7) is 3.26. The number of amides is 1. The van der Waals surface area contributed by atoms with E-state index in [1.54, 1.807) is 11.8 Å². The molecule has 5 heteroatoms. The lowest BCUT2D eigenvalue weighted by Crippen LogP contribution is -2.53. The van der Waals surface area contributed by atoms with E-state index in [0.717, 1.165) is 0 Å². The van der Waals surface area contributed by atoms with E-state index >= 15 is 0 Å². The molecule has 1 unspecified atom stereocenters. The van der Waals surface area contributed by atoms with Crippen molar-refractivity contribution in [2.24, 2.45) is 17.6 Å². The number of rotatable bonds is 4. The summed E-state index contributed by atoms with van der Waals surface area (Å²) in [5.41, 5.74) is 5.36. The largest absolute Gasteiger partial charge is 0.481 e. The first-order valence-corrected chi connectivity index (χ1v) is 4.75. The van der Waals surface area contributed by atoms with E-state index in [-0.39, 0.29) is 24.2 Å². The van der Waals surface area contributed by atoms with Crippen molar-refractivity contribution >= 4 is 11.9 Å². The molecule has 1 fully saturated rings. The predicted octanol–water partition coefficient (Wildman–Crippen LogP) is -0.486. The van der Waals surface area contributed by atoms with Crippen molar-refractivity contribution in [2.45, 2.75) is 13.3 Å². The molecular weight excluding hydrogens is 184 g/mol. The smallest absolute Gasteiger partial charge is 0.303 e. The maximum Gasteiger partial charge on any atom is 0.303 e. The van der Waals surface area contributed by atoms with Crippen LogP contribution in [0.3, 0.4) is 0 Å². The topological polar surface area (TPSA) is 83.6 Å². The Balaban J connectivity index is 2.27. The maximum atomic E-state index is 11.5. The zero-order chi connectivity index (χ0) is 10.7. The standard InChI is InChI=1S/C9H16N2O3/c1-6(3-10)9(14)11-4-7(5-11)2-8(12)13/h6-7H,2-5,10H2,1H3,(H,12,13). The molecule has 1 atom stereocenters. The van der Waals surface area contributed by atoms with Crippen molar-refractivity contribution in [3.8, 4) is 0 Å². The minimum Gasteiger partial charge on any atom is -0.481 e. The molecule has 0 aromatic carbocycles. The fourth-order valence-electron chi connectivity index (χ4n) is 1.54. The predicted molar refractivity (Wildman–Crippen MR) is 50.5 cm³/mol. The molecule has 1 rings (SSSR count). The lowest BCUT2D eigenvalue weighted by molar-refractivity contribution is -0.146. The molecule has 0 aromatic heterocycles. The van der Waals surface area contributed by atoms with Gasteiger partial charge in [-0.15, -0.1) is 0 Å². The quantitative estimate of drug-likeness (QED) is 0.641. The molecular formula is C9H16N2O3. The molecule has 1 saturated heterocycles. The molecule has 0 spiro atoms. The molecule has 1 heterocycles. The van der Waals surface area contributed by atoms with Gasteiger partial charge in [-0.25, -0.2) is 0 Å². The van der Waals surface area contributed by atoms with Crippen LogP contribution < -0.4 is 5.73 Å². The number of likely N-dealkylation sites (tertiary alicyclic amines) is 1. The van der Waals surface area contributed by atoms with Crippen molar-refractivity contribution in [3.63, 3.8) is 0 Å². The number of carboxylic acid groups (broad SMARTS) is 1. The Bertz CT molecular complexity index is 236. The van der Waals surface area contributed by atoms with Crippen molar-refractivity contribution in [1.82, 2.24) is 4.90 Å². The highest BCUT2D eigenvalue weighted by Gasteiger charge is 2.33. The van der Waals surface area contributed by atoms with Gasteiger partial charge in [0.2, 0.25) is 5.91 Å². The van der Waals surface area contributed by atoms with Gasteiger partial charge >= 0.3 is 5.97 Å². The Morgan fingerprint density at radius 3 is 2.57 bits per heavy atom. The third kappa shape index (κ3) is 2.45. The van der Waals surface area contributed by atoms with Crippen LogP contribution in [0.1, 0.15) is 13.3 Å². The van der Waals surface area contributed by atoms with Crippen molar-refractivity contribution in [2.75, 3.05) is 19.6 Å². The molecule has 1 amide bonds. The van der Waals surface area contributed by atoms with Crippen LogP contribution in [0, 0.1) is 11.8 Å². The first kappa shape index (κ1) is 11.0. The van der Waals surface area contributed by atoms with Gasteiger partial charge in [0, 0.05) is 31.5 Å². The Kier molecular flexibility index (Phi) is 3.46. The maximum absolute atomic E-state index is 11.5. The molecule has 0 saturated carbocycles. The van der Waals surface area contributed by atoms with Crippen LogP contribution in [0.15, 0.2) is 0 Å². The minimum atomic E-state index is -0.797. The highest BCUT2D eigenvalue weighted by atomic mass is 16.4. The molecule has 0 aromatic rings. The first-order chi connectivity index (χ1) is 6.54. The van der Waals surface area contributed by atoms with E-state index in [1.807, 2.05) is 0 Å². The first-order valence-electron chi connectivity index (χ1n) is 4.75. The number of hydrogen-bond acceptors (Lipinski definition) is 3. The van der Waals surface area contributed by atoms with Gasteiger partial charge in [-0.3, -0.25) is 9.59 Å². The summed E-state index contributed by atoms with van der Waals surface area (Å²) in [5, 5.41) is 8.51. The summed E-state index contributed by atoms with van der Waals surface area (Å²) < 4.78 is 0. The summed E-state index contributed by atoms with van der Waals surface area (Å²) in [4.78, 5) is 23.5. The average molecular weight is 200 g/mol. The third-order valence-electron chi connectivity index (χ3n) is 2.51. The second-order valence-corrected chi connectivity index (χ2v) is 3.84. The molecule has 0 radical (unpaired) electrons. The Labute approximate surface area is 82.9 Å². The van der Waals surface area contributed by atoms with Crippen LogP contribution in [0.25, 0.3) is 0 Å². The number of hydrogen-bond donors (Lipinski definition) is 2. The van der Waals surface area contributed by atoms with Gasteiger partial charge in [0.1, 0.15) is 0 Å². The van der Waals surface area contributed by atoms with Gasteiger partial charge in [-0.1, -0.05) is 6.92 Å². The van der Waals surface area contributed by atoms with Gasteiger partial charge < -0.3 is 15.7 Å². The number of aliphatic carboxylic acids is 1. The Hall–Kier alpha value is -1.10. The van der Waals surface area contributed by atoms with E-state index in [1.165, 1.54) is 0 Å². The van der Waals surface area contributed by atoms with E-state index in [4.69, 9.17) is 10.8 Å². The molecule has 80 valence electrons. The summed E-state index contributed by atoms with van der Waals surface area (Å²) >= 11 is 0. The zero-order valence-electron chi connectivity index (χ0n) is 8.27. The minimum absolute atomic E-state index is 0.0362. The number of nitrogens with zero attached hydrogens (tertiary/aromatic N) is 1. The van der Waals surface area contributed by atoms with Crippen LogP contribution in [-0.2, 0) is 9.59 Å². The monoisotopic (exact) mass is 200 g/mol. The van der Waals surface area contributed by atoms with Gasteiger partial charge in [0.05, 0.1) is 6.42 Å². The van der Waals surface area contributed by atoms with E-state index in [2.05, 4.69) is 0 Å². The number of carbonyl (C=O) groups is 2. The lowest BCUT2D eigenvalue weighted by atomic mass is 9.94. The van der Waals surface area contributed by atoms with E-state index < -0.39 is 5.97 Å². The third-order valence-corrected chi connectivity index (χ3v) is 2.51. The van der Waals surface area contributed by atoms with E-state index in [9.17, 15) is 9.59 Å². The second kappa shape index (κ2) is 4.41. The Morgan fingerprint density at radius 1 is 1.57 bits per heavy atom. The number of carbonyl (C=O) groups excluding carboxylic acids is 1. The van der Waals surface area contributed by atoms with Crippen molar-refractivity contribution < 1.29 is 14.7 Å². The summed E-state index contributed by atoms with van der Waals surface area (Å²) in [7, 11) is 0.